The molecule has 0 atom stereocenters. The van der Waals surface area contributed by atoms with Crippen LogP contribution in [0.5, 0.6) is 0 Å². The molecule has 0 radical (unpaired) electrons. The van der Waals surface area contributed by atoms with Gasteiger partial charge in [0.15, 0.2) is 11.5 Å². The second-order valence-electron chi connectivity index (χ2n) is 9.36. The first-order chi connectivity index (χ1) is 19.6. The number of nitrogens with zero attached hydrogens (tertiary/aromatic N) is 2. The fourth-order valence-electron chi connectivity index (χ4n) is 3.59. The maximum Gasteiger partial charge on any atom is 0.460 e. The van der Waals surface area contributed by atoms with Crippen LogP contribution < -0.4 is 5.32 Å². The fourth-order valence-corrected chi connectivity index (χ4v) is 3.59. The van der Waals surface area contributed by atoms with Crippen molar-refractivity contribution in [3.63, 3.8) is 0 Å². The molecule has 0 saturated carbocycles. The minimum atomic E-state index is -8.73. The molecule has 1 N–H and O–H groups in total. The zero-order chi connectivity index (χ0) is 34.1. The van der Waals surface area contributed by atoms with Crippen LogP contribution in [-0.4, -0.2) is 51.7 Å². The highest BCUT2D eigenvalue weighted by Gasteiger charge is 2.95. The van der Waals surface area contributed by atoms with Crippen LogP contribution in [0, 0.1) is 13.8 Å². The standard InChI is InChI=1S/C24H14F17N3/c1-10-8-13-14(9-11(10)2)44-16(42-12-6-4-3-5-7-12)15(43-13)17(25,26)18(27,28)19(29,30)20(31,32)21(33,34)22(35,36)23(37,38)24(39,40)41/h3-9H,1-2H3,(H,42,44). The van der Waals surface area contributed by atoms with Crippen molar-refractivity contribution in [3.8, 4) is 0 Å². The molecule has 0 unspecified atom stereocenters. The van der Waals surface area contributed by atoms with Crippen LogP contribution in [-0.2, 0) is 5.92 Å². The topological polar surface area (TPSA) is 37.8 Å². The Hall–Kier alpha value is -3.61. The Morgan fingerprint density at radius 1 is 0.500 bits per heavy atom. The summed E-state index contributed by atoms with van der Waals surface area (Å²) in [5, 5.41) is 1.95. The number of alkyl halides is 17. The largest absolute Gasteiger partial charge is 0.460 e. The summed E-state index contributed by atoms with van der Waals surface area (Å²) in [5.74, 6) is -59.1. The molecule has 3 nitrogen and oxygen atoms in total. The molecular formula is C24H14F17N3. The summed E-state index contributed by atoms with van der Waals surface area (Å²) >= 11 is 0. The molecule has 0 amide bonds. The summed E-state index contributed by atoms with van der Waals surface area (Å²) in [4.78, 5) is 6.58. The van der Waals surface area contributed by atoms with Crippen molar-refractivity contribution < 1.29 is 74.6 Å². The molecule has 0 saturated heterocycles. The summed E-state index contributed by atoms with van der Waals surface area (Å²) in [7, 11) is 0. The van der Waals surface area contributed by atoms with Crippen LogP contribution >= 0.6 is 0 Å². The predicted octanol–water partition coefficient (Wildman–Crippen LogP) is 9.46. The minimum Gasteiger partial charge on any atom is -0.338 e. The third-order valence-corrected chi connectivity index (χ3v) is 6.34. The summed E-state index contributed by atoms with van der Waals surface area (Å²) in [6, 6.07) is 7.88. The molecule has 20 heteroatoms. The van der Waals surface area contributed by atoms with Crippen molar-refractivity contribution in [1.29, 1.82) is 0 Å². The zero-order valence-electron chi connectivity index (χ0n) is 21.4. The van der Waals surface area contributed by atoms with E-state index in [1.54, 1.807) is 0 Å². The first-order valence-corrected chi connectivity index (χ1v) is 11.4. The number of anilines is 2. The van der Waals surface area contributed by atoms with E-state index in [0.29, 0.717) is 5.56 Å². The Kier molecular flexibility index (Phi) is 8.10. The average Bonchev–Trinajstić information content (AvgIpc) is 2.88. The third kappa shape index (κ3) is 4.83. The van der Waals surface area contributed by atoms with Crippen molar-refractivity contribution >= 4 is 22.5 Å². The smallest absolute Gasteiger partial charge is 0.338 e. The van der Waals surface area contributed by atoms with Crippen molar-refractivity contribution in [2.75, 3.05) is 5.32 Å². The van der Waals surface area contributed by atoms with Crippen molar-refractivity contribution in [2.45, 2.75) is 61.5 Å². The van der Waals surface area contributed by atoms with E-state index < -0.39 is 70.2 Å². The number of rotatable bonds is 9. The number of hydrogen-bond acceptors (Lipinski definition) is 3. The Morgan fingerprint density at radius 2 is 0.886 bits per heavy atom. The van der Waals surface area contributed by atoms with Crippen molar-refractivity contribution in [2.24, 2.45) is 0 Å². The first kappa shape index (κ1) is 34.9. The van der Waals surface area contributed by atoms with Gasteiger partial charge in [0.25, 0.3) is 0 Å². The highest BCUT2D eigenvalue weighted by atomic mass is 19.4. The molecule has 44 heavy (non-hydrogen) atoms. The van der Waals surface area contributed by atoms with Gasteiger partial charge in [-0.3, -0.25) is 0 Å². The van der Waals surface area contributed by atoms with Crippen molar-refractivity contribution in [3.05, 3.63) is 59.3 Å². The Bertz CT molecular complexity index is 1530. The lowest BCUT2D eigenvalue weighted by atomic mass is 9.88. The average molecular weight is 667 g/mol. The maximum atomic E-state index is 15.3. The first-order valence-electron chi connectivity index (χ1n) is 11.4. The molecule has 3 rings (SSSR count). The quantitative estimate of drug-likeness (QED) is 0.231. The number of aromatic nitrogens is 2. The molecule has 0 fully saturated rings. The normalized spacial score (nSPS) is 14.7. The predicted molar refractivity (Wildman–Crippen MR) is 118 cm³/mol. The molecule has 1 aromatic heterocycles. The monoisotopic (exact) mass is 667 g/mol. The lowest BCUT2D eigenvalue weighted by molar-refractivity contribution is -0.462. The van der Waals surface area contributed by atoms with E-state index in [9.17, 15) is 65.9 Å². The van der Waals surface area contributed by atoms with Gasteiger partial charge in [0.05, 0.1) is 11.0 Å². The van der Waals surface area contributed by atoms with Crippen LogP contribution in [0.3, 0.4) is 0 Å². The van der Waals surface area contributed by atoms with Gasteiger partial charge in [-0.05, 0) is 49.2 Å². The zero-order valence-corrected chi connectivity index (χ0v) is 21.4. The summed E-state index contributed by atoms with van der Waals surface area (Å²) in [6.45, 7) is 2.75. The fraction of sp³-hybridized carbons (Fsp3) is 0.417. The Labute approximate surface area is 234 Å². The highest BCUT2D eigenvalue weighted by Crippen LogP contribution is 2.65. The molecular weight excluding hydrogens is 653 g/mol. The SMILES string of the molecule is Cc1cc2nc(Nc3ccccc3)c(C(F)(F)C(F)(F)C(F)(F)C(F)(F)C(F)(F)C(F)(F)C(F)(F)C(F)(F)F)nc2cc1C. The summed E-state index contributed by atoms with van der Waals surface area (Å²) < 4.78 is 236. The van der Waals surface area contributed by atoms with Crippen LogP contribution in [0.15, 0.2) is 42.5 Å². The molecule has 3 aromatic rings. The van der Waals surface area contributed by atoms with Crippen LogP contribution in [0.1, 0.15) is 16.8 Å². The van der Waals surface area contributed by atoms with Gasteiger partial charge in [-0.1, -0.05) is 18.2 Å². The van der Waals surface area contributed by atoms with E-state index in [-0.39, 0.29) is 11.3 Å². The van der Waals surface area contributed by atoms with Gasteiger partial charge in [0, 0.05) is 5.69 Å². The number of para-hydroxylation sites is 1. The highest BCUT2D eigenvalue weighted by molar-refractivity contribution is 5.79. The van der Waals surface area contributed by atoms with Gasteiger partial charge in [-0.15, -0.1) is 0 Å². The van der Waals surface area contributed by atoms with E-state index in [0.717, 1.165) is 24.3 Å². The molecule has 0 aliphatic rings. The molecule has 0 aliphatic heterocycles. The van der Waals surface area contributed by atoms with Crippen LogP contribution in [0.2, 0.25) is 0 Å². The molecule has 2 aromatic carbocycles. The maximum absolute atomic E-state index is 15.3. The number of hydrogen-bond donors (Lipinski definition) is 1. The number of aryl methyl sites for hydroxylation is 2. The molecule has 0 spiro atoms. The van der Waals surface area contributed by atoms with Crippen LogP contribution in [0.25, 0.3) is 11.0 Å². The molecule has 244 valence electrons. The molecule has 0 bridgehead atoms. The molecule has 1 heterocycles. The Morgan fingerprint density at radius 3 is 1.32 bits per heavy atom. The van der Waals surface area contributed by atoms with E-state index in [1.165, 1.54) is 32.0 Å². The van der Waals surface area contributed by atoms with Gasteiger partial charge in [0.1, 0.15) is 0 Å². The van der Waals surface area contributed by atoms with Gasteiger partial charge in [-0.25, -0.2) is 9.97 Å². The van der Waals surface area contributed by atoms with E-state index in [1.807, 2.05) is 5.32 Å². The number of nitrogens with one attached hydrogen (secondary N) is 1. The second kappa shape index (κ2) is 10.2. The van der Waals surface area contributed by atoms with Gasteiger partial charge in [0.2, 0.25) is 0 Å². The number of halogens is 17. The summed E-state index contributed by atoms with van der Waals surface area (Å²) in [6.07, 6.45) is -7.83. The van der Waals surface area contributed by atoms with Gasteiger partial charge < -0.3 is 5.32 Å². The minimum absolute atomic E-state index is 0.195. The molecule has 0 aliphatic carbocycles. The Balaban J connectivity index is 2.28. The van der Waals surface area contributed by atoms with Gasteiger partial charge >= 0.3 is 47.6 Å². The lowest BCUT2D eigenvalue weighted by Gasteiger charge is -2.42. The van der Waals surface area contributed by atoms with E-state index in [4.69, 9.17) is 0 Å². The third-order valence-electron chi connectivity index (χ3n) is 6.34. The second-order valence-corrected chi connectivity index (χ2v) is 9.36. The lowest BCUT2D eigenvalue weighted by Crippen LogP contribution is -2.74. The van der Waals surface area contributed by atoms with Gasteiger partial charge in [-0.2, -0.15) is 74.6 Å². The van der Waals surface area contributed by atoms with E-state index in [2.05, 4.69) is 9.97 Å². The van der Waals surface area contributed by atoms with E-state index >= 15 is 8.78 Å². The summed E-state index contributed by atoms with van der Waals surface area (Å²) in [5.41, 5.74) is -3.55. The number of benzene rings is 2. The van der Waals surface area contributed by atoms with Crippen molar-refractivity contribution in [1.82, 2.24) is 9.97 Å². The van der Waals surface area contributed by atoms with Crippen LogP contribution in [0.4, 0.5) is 86.1 Å². The number of fused-ring (bicyclic) bond motifs is 1.